The van der Waals surface area contributed by atoms with Gasteiger partial charge in [0, 0.05) is 12.1 Å². The minimum atomic E-state index is 0.173. The van der Waals surface area contributed by atoms with Crippen molar-refractivity contribution in [1.82, 2.24) is 25.0 Å². The average molecular weight is 456 g/mol. The number of benzene rings is 3. The number of aromatic nitrogens is 5. The van der Waals surface area contributed by atoms with Gasteiger partial charge in [-0.3, -0.25) is 0 Å². The Bertz CT molecular complexity index is 1340. The lowest BCUT2D eigenvalue weighted by Crippen LogP contribution is -2.05. The largest absolute Gasteiger partial charge is 0.507 e. The first-order valence-corrected chi connectivity index (χ1v) is 11.5. The van der Waals surface area contributed by atoms with Gasteiger partial charge in [0.15, 0.2) is 11.0 Å². The fourth-order valence-electron chi connectivity index (χ4n) is 3.48. The van der Waals surface area contributed by atoms with Gasteiger partial charge in [-0.1, -0.05) is 72.4 Å². The van der Waals surface area contributed by atoms with Crippen molar-refractivity contribution < 1.29 is 9.52 Å². The summed E-state index contributed by atoms with van der Waals surface area (Å²) >= 11 is 1.48. The van der Waals surface area contributed by atoms with Crippen molar-refractivity contribution in [3.05, 3.63) is 96.4 Å². The Morgan fingerprint density at radius 2 is 1.52 bits per heavy atom. The fourth-order valence-corrected chi connectivity index (χ4v) is 4.28. The number of hydrogen-bond donors (Lipinski definition) is 1. The molecule has 164 valence electrons. The van der Waals surface area contributed by atoms with Crippen LogP contribution in [0.15, 0.2) is 94.5 Å². The second-order valence-electron chi connectivity index (χ2n) is 7.37. The summed E-state index contributed by atoms with van der Waals surface area (Å²) in [4.78, 5) is 0. The molecular weight excluding hydrogens is 434 g/mol. The monoisotopic (exact) mass is 455 g/mol. The number of phenolic OH excluding ortho intramolecular Hbond substituents is 1. The molecule has 0 saturated heterocycles. The molecule has 2 aromatic heterocycles. The summed E-state index contributed by atoms with van der Waals surface area (Å²) in [5, 5.41) is 28.2. The van der Waals surface area contributed by atoms with Crippen molar-refractivity contribution in [2.75, 3.05) is 0 Å². The Hall–Kier alpha value is -3.91. The summed E-state index contributed by atoms with van der Waals surface area (Å²) < 4.78 is 7.86. The summed E-state index contributed by atoms with van der Waals surface area (Å²) in [6.45, 7) is 0.669. The Labute approximate surface area is 195 Å². The molecule has 7 nitrogen and oxygen atoms in total. The molecule has 8 heteroatoms. The molecule has 0 aliphatic carbocycles. The maximum Gasteiger partial charge on any atom is 0.247 e. The first-order valence-electron chi connectivity index (χ1n) is 10.5. The molecule has 0 saturated carbocycles. The van der Waals surface area contributed by atoms with Crippen LogP contribution in [-0.4, -0.2) is 30.1 Å². The van der Waals surface area contributed by atoms with Gasteiger partial charge in [0.1, 0.15) is 5.75 Å². The third-order valence-electron chi connectivity index (χ3n) is 5.14. The molecular formula is C25H21N5O2S. The molecule has 0 aliphatic heterocycles. The van der Waals surface area contributed by atoms with E-state index in [4.69, 9.17) is 4.42 Å². The van der Waals surface area contributed by atoms with E-state index < -0.39 is 0 Å². The topological polar surface area (TPSA) is 89.9 Å². The van der Waals surface area contributed by atoms with E-state index in [1.165, 1.54) is 17.3 Å². The van der Waals surface area contributed by atoms with Gasteiger partial charge >= 0.3 is 0 Å². The standard InChI is InChI=1S/C25H21N5O2S/c31-21-14-8-7-13-20(21)23-27-29-25(30(23)16-15-18-9-3-1-4-10-18)33-17-22-26-28-24(32-22)19-11-5-2-6-12-19/h1-14,31H,15-17H2. The Morgan fingerprint density at radius 1 is 0.788 bits per heavy atom. The molecule has 0 bridgehead atoms. The molecule has 3 aromatic carbocycles. The zero-order valence-corrected chi connectivity index (χ0v) is 18.5. The van der Waals surface area contributed by atoms with Crippen LogP contribution in [0.25, 0.3) is 22.8 Å². The Kier molecular flexibility index (Phi) is 6.16. The summed E-state index contributed by atoms with van der Waals surface area (Å²) in [5.74, 6) is 2.27. The van der Waals surface area contributed by atoms with Crippen molar-refractivity contribution >= 4 is 11.8 Å². The fraction of sp³-hybridized carbons (Fsp3) is 0.120. The van der Waals surface area contributed by atoms with Gasteiger partial charge in [0.2, 0.25) is 11.8 Å². The zero-order chi connectivity index (χ0) is 22.5. The van der Waals surface area contributed by atoms with Gasteiger partial charge in [-0.2, -0.15) is 0 Å². The number of thioether (sulfide) groups is 1. The van der Waals surface area contributed by atoms with Crippen LogP contribution in [0.2, 0.25) is 0 Å². The lowest BCUT2D eigenvalue weighted by Gasteiger charge is -2.11. The summed E-state index contributed by atoms with van der Waals surface area (Å²) in [6.07, 6.45) is 0.811. The highest BCUT2D eigenvalue weighted by Crippen LogP contribution is 2.31. The zero-order valence-electron chi connectivity index (χ0n) is 17.7. The SMILES string of the molecule is Oc1ccccc1-c1nnc(SCc2nnc(-c3ccccc3)o2)n1CCc1ccccc1. The maximum atomic E-state index is 10.4. The van der Waals surface area contributed by atoms with Gasteiger partial charge in [-0.15, -0.1) is 20.4 Å². The highest BCUT2D eigenvalue weighted by Gasteiger charge is 2.18. The normalized spacial score (nSPS) is 11.0. The smallest absolute Gasteiger partial charge is 0.247 e. The number of para-hydroxylation sites is 1. The van der Waals surface area contributed by atoms with Crippen LogP contribution in [0, 0.1) is 0 Å². The van der Waals surface area contributed by atoms with E-state index >= 15 is 0 Å². The van der Waals surface area contributed by atoms with E-state index in [1.54, 1.807) is 12.1 Å². The van der Waals surface area contributed by atoms with Gasteiger partial charge < -0.3 is 14.1 Å². The van der Waals surface area contributed by atoms with Crippen molar-refractivity contribution in [3.8, 4) is 28.6 Å². The second-order valence-corrected chi connectivity index (χ2v) is 8.31. The molecule has 5 rings (SSSR count). The van der Waals surface area contributed by atoms with Crippen LogP contribution in [0.3, 0.4) is 0 Å². The Morgan fingerprint density at radius 3 is 2.30 bits per heavy atom. The van der Waals surface area contributed by atoms with Crippen molar-refractivity contribution in [2.45, 2.75) is 23.9 Å². The van der Waals surface area contributed by atoms with E-state index in [0.29, 0.717) is 35.5 Å². The van der Waals surface area contributed by atoms with Crippen LogP contribution in [0.4, 0.5) is 0 Å². The minimum absolute atomic E-state index is 0.173. The number of hydrogen-bond acceptors (Lipinski definition) is 7. The van der Waals surface area contributed by atoms with Crippen LogP contribution in [-0.2, 0) is 18.7 Å². The summed E-state index contributed by atoms with van der Waals surface area (Å²) in [5.41, 5.74) is 2.75. The van der Waals surface area contributed by atoms with Crippen LogP contribution in [0.1, 0.15) is 11.5 Å². The summed E-state index contributed by atoms with van der Waals surface area (Å²) in [7, 11) is 0. The van der Waals surface area contributed by atoms with Gasteiger partial charge in [-0.05, 0) is 36.2 Å². The van der Waals surface area contributed by atoms with E-state index in [2.05, 4.69) is 32.5 Å². The molecule has 0 aliphatic rings. The molecule has 0 unspecified atom stereocenters. The molecule has 0 radical (unpaired) electrons. The van der Waals surface area contributed by atoms with E-state index in [1.807, 2.05) is 65.2 Å². The van der Waals surface area contributed by atoms with Crippen molar-refractivity contribution in [3.63, 3.8) is 0 Å². The second kappa shape index (κ2) is 9.70. The van der Waals surface area contributed by atoms with Crippen LogP contribution in [0.5, 0.6) is 5.75 Å². The third-order valence-corrected chi connectivity index (χ3v) is 6.09. The number of nitrogens with zero attached hydrogens (tertiary/aromatic N) is 5. The molecule has 0 atom stereocenters. The third kappa shape index (κ3) is 4.80. The highest BCUT2D eigenvalue weighted by molar-refractivity contribution is 7.98. The molecule has 2 heterocycles. The predicted octanol–water partition coefficient (Wildman–Crippen LogP) is 5.24. The number of aryl methyl sites for hydroxylation is 1. The lowest BCUT2D eigenvalue weighted by molar-refractivity contribution is 0.476. The van der Waals surface area contributed by atoms with Gasteiger partial charge in [0.25, 0.3) is 0 Å². The van der Waals surface area contributed by atoms with E-state index in [-0.39, 0.29) is 5.75 Å². The highest BCUT2D eigenvalue weighted by atomic mass is 32.2. The van der Waals surface area contributed by atoms with Gasteiger partial charge in [0.05, 0.1) is 11.3 Å². The molecule has 0 spiro atoms. The van der Waals surface area contributed by atoms with E-state index in [9.17, 15) is 5.11 Å². The first-order chi connectivity index (χ1) is 16.3. The van der Waals surface area contributed by atoms with Crippen molar-refractivity contribution in [1.29, 1.82) is 0 Å². The predicted molar refractivity (Wildman–Crippen MR) is 127 cm³/mol. The van der Waals surface area contributed by atoms with Crippen molar-refractivity contribution in [2.24, 2.45) is 0 Å². The Balaban J connectivity index is 1.38. The van der Waals surface area contributed by atoms with Crippen LogP contribution >= 0.6 is 11.8 Å². The van der Waals surface area contributed by atoms with Crippen LogP contribution < -0.4 is 0 Å². The number of phenols is 1. The lowest BCUT2D eigenvalue weighted by atomic mass is 10.1. The molecule has 33 heavy (non-hydrogen) atoms. The van der Waals surface area contributed by atoms with E-state index in [0.717, 1.165) is 17.1 Å². The first kappa shape index (κ1) is 21.0. The molecule has 1 N–H and O–H groups in total. The number of aromatic hydroxyl groups is 1. The molecule has 5 aromatic rings. The number of rotatable bonds is 8. The summed E-state index contributed by atoms with van der Waals surface area (Å²) in [6, 6.07) is 27.1. The quantitative estimate of drug-likeness (QED) is 0.320. The average Bonchev–Trinajstić information content (AvgIpc) is 3.50. The van der Waals surface area contributed by atoms with Gasteiger partial charge in [-0.25, -0.2) is 0 Å². The molecule has 0 fully saturated rings. The minimum Gasteiger partial charge on any atom is -0.507 e. The maximum absolute atomic E-state index is 10.4. The molecule has 0 amide bonds.